The van der Waals surface area contributed by atoms with Gasteiger partial charge >= 0.3 is 43.4 Å². The summed E-state index contributed by atoms with van der Waals surface area (Å²) in [4.78, 5) is 64.7. The fourth-order valence-corrected chi connectivity index (χ4v) is 2.05. The van der Waals surface area contributed by atoms with Gasteiger partial charge in [-0.2, -0.15) is 0 Å². The molecule has 0 saturated carbocycles. The number of ether oxygens (including phenoxy) is 2. The fraction of sp³-hybridized carbons (Fsp3) is 0.100. The van der Waals surface area contributed by atoms with Crippen molar-refractivity contribution >= 4 is 35.8 Å². The molecule has 0 aromatic heterocycles. The van der Waals surface area contributed by atoms with Crippen LogP contribution in [-0.2, 0) is 38.5 Å². The van der Waals surface area contributed by atoms with E-state index >= 15 is 0 Å². The van der Waals surface area contributed by atoms with Gasteiger partial charge in [-0.3, -0.25) is 9.59 Å². The van der Waals surface area contributed by atoms with Crippen LogP contribution >= 0.6 is 0 Å². The van der Waals surface area contributed by atoms with Crippen LogP contribution in [0, 0.1) is 0 Å². The third kappa shape index (κ3) is 8.67. The summed E-state index contributed by atoms with van der Waals surface area (Å²) in [6.45, 7) is 2.11. The van der Waals surface area contributed by atoms with Crippen LogP contribution in [0.1, 0.15) is 55.3 Å². The zero-order valence-corrected chi connectivity index (χ0v) is 19.4. The Morgan fingerprint density at radius 2 is 0.839 bits per heavy atom. The molecule has 11 heteroatoms. The molecular formula is C20H14O10Zn. The minimum atomic E-state index is -1.49. The molecule has 156 valence electrons. The molecule has 0 atom stereocenters. The Balaban J connectivity index is 0.000000562. The number of hydrogen-bond donors (Lipinski definition) is 0. The number of esters is 4. The van der Waals surface area contributed by atoms with Crippen molar-refractivity contribution < 1.29 is 67.9 Å². The van der Waals surface area contributed by atoms with E-state index in [9.17, 15) is 39.0 Å². The zero-order valence-electron chi connectivity index (χ0n) is 16.4. The number of aromatic carboxylic acids is 2. The number of rotatable bonds is 4. The van der Waals surface area contributed by atoms with Gasteiger partial charge in [-0.15, -0.1) is 0 Å². The van der Waals surface area contributed by atoms with E-state index in [0.717, 1.165) is 13.8 Å². The van der Waals surface area contributed by atoms with Crippen molar-refractivity contribution in [1.29, 1.82) is 0 Å². The Hall–Kier alpha value is -3.72. The van der Waals surface area contributed by atoms with Gasteiger partial charge in [-0.1, -0.05) is 36.4 Å². The minimum absolute atomic E-state index is 0. The maximum absolute atomic E-state index is 11.2. The quantitative estimate of drug-likeness (QED) is 0.317. The maximum atomic E-state index is 11.2. The molecule has 0 spiro atoms. The Morgan fingerprint density at radius 3 is 1.06 bits per heavy atom. The van der Waals surface area contributed by atoms with Gasteiger partial charge in [0.15, 0.2) is 0 Å². The summed E-state index contributed by atoms with van der Waals surface area (Å²) in [7, 11) is 0. The SMILES string of the molecule is CC(=O)OC(=O)c1ccccc1C(=O)[O-].CC(=O)OC(=O)c1ccccc1C(=O)[O-].[Zn+2]. The minimum Gasteiger partial charge on any atom is -0.545 e. The second-order valence-corrected chi connectivity index (χ2v) is 5.43. The van der Waals surface area contributed by atoms with Crippen molar-refractivity contribution in [2.45, 2.75) is 13.8 Å². The predicted octanol–water partition coefficient (Wildman–Crippen LogP) is -0.496. The van der Waals surface area contributed by atoms with E-state index in [1.54, 1.807) is 0 Å². The Kier molecular flexibility index (Phi) is 11.2. The van der Waals surface area contributed by atoms with E-state index in [4.69, 9.17) is 0 Å². The molecule has 0 aliphatic carbocycles. The van der Waals surface area contributed by atoms with Gasteiger partial charge in [0.1, 0.15) is 0 Å². The first-order valence-electron chi connectivity index (χ1n) is 8.10. The average Bonchev–Trinajstić information content (AvgIpc) is 2.67. The van der Waals surface area contributed by atoms with Gasteiger partial charge in [-0.25, -0.2) is 9.59 Å². The topological polar surface area (TPSA) is 167 Å². The molecule has 0 aliphatic heterocycles. The fourth-order valence-electron chi connectivity index (χ4n) is 2.05. The number of hydrogen-bond acceptors (Lipinski definition) is 10. The van der Waals surface area contributed by atoms with Crippen LogP contribution in [0.15, 0.2) is 48.5 Å². The number of carbonyl (C=O) groups is 6. The first-order valence-corrected chi connectivity index (χ1v) is 8.10. The Morgan fingerprint density at radius 1 is 0.581 bits per heavy atom. The van der Waals surface area contributed by atoms with E-state index < -0.39 is 35.8 Å². The Bertz CT molecular complexity index is 931. The van der Waals surface area contributed by atoms with Gasteiger partial charge in [-0.05, 0) is 12.1 Å². The summed E-state index contributed by atoms with van der Waals surface area (Å²) in [6.07, 6.45) is 0. The van der Waals surface area contributed by atoms with Gasteiger partial charge < -0.3 is 29.3 Å². The molecule has 2 rings (SSSR count). The zero-order chi connectivity index (χ0) is 22.8. The monoisotopic (exact) mass is 478 g/mol. The van der Waals surface area contributed by atoms with Crippen molar-refractivity contribution in [3.05, 3.63) is 70.8 Å². The van der Waals surface area contributed by atoms with Crippen molar-refractivity contribution in [3.63, 3.8) is 0 Å². The van der Waals surface area contributed by atoms with Gasteiger partial charge in [0, 0.05) is 25.0 Å². The second kappa shape index (κ2) is 12.8. The van der Waals surface area contributed by atoms with E-state index in [0.29, 0.717) is 0 Å². The van der Waals surface area contributed by atoms with Gasteiger partial charge in [0.2, 0.25) is 0 Å². The molecule has 10 nitrogen and oxygen atoms in total. The number of carboxylic acids is 2. The van der Waals surface area contributed by atoms with Crippen LogP contribution in [0.3, 0.4) is 0 Å². The molecule has 0 heterocycles. The number of benzene rings is 2. The number of carboxylic acid groups (broad SMARTS) is 2. The first-order chi connectivity index (χ1) is 14.0. The smallest absolute Gasteiger partial charge is 0.545 e. The van der Waals surface area contributed by atoms with Crippen LogP contribution < -0.4 is 10.2 Å². The van der Waals surface area contributed by atoms with E-state index in [-0.39, 0.29) is 41.7 Å². The molecule has 0 radical (unpaired) electrons. The van der Waals surface area contributed by atoms with Crippen molar-refractivity contribution in [1.82, 2.24) is 0 Å². The van der Waals surface area contributed by atoms with Crippen LogP contribution in [-0.4, -0.2) is 35.8 Å². The van der Waals surface area contributed by atoms with Crippen LogP contribution in [0.25, 0.3) is 0 Å². The summed E-state index contributed by atoms with van der Waals surface area (Å²) in [5.74, 6) is -6.58. The average molecular weight is 480 g/mol. The summed E-state index contributed by atoms with van der Waals surface area (Å²) in [5, 5.41) is 21.2. The third-order valence-electron chi connectivity index (χ3n) is 3.21. The van der Waals surface area contributed by atoms with Crippen molar-refractivity contribution in [2.75, 3.05) is 0 Å². The molecule has 2 aromatic rings. The molecule has 0 amide bonds. The summed E-state index contributed by atoms with van der Waals surface area (Å²) >= 11 is 0. The summed E-state index contributed by atoms with van der Waals surface area (Å²) < 4.78 is 8.52. The van der Waals surface area contributed by atoms with E-state index in [2.05, 4.69) is 9.47 Å². The summed E-state index contributed by atoms with van der Waals surface area (Å²) in [5.41, 5.74) is -1.01. The normalized spacial score (nSPS) is 9.10. The van der Waals surface area contributed by atoms with Crippen LogP contribution in [0.4, 0.5) is 0 Å². The predicted molar refractivity (Wildman–Crippen MR) is 93.7 cm³/mol. The summed E-state index contributed by atoms with van der Waals surface area (Å²) in [6, 6.07) is 10.7. The molecule has 0 N–H and O–H groups in total. The van der Waals surface area contributed by atoms with Crippen molar-refractivity contribution in [3.8, 4) is 0 Å². The van der Waals surface area contributed by atoms with Crippen LogP contribution in [0.2, 0.25) is 0 Å². The molecule has 0 saturated heterocycles. The van der Waals surface area contributed by atoms with Gasteiger partial charge in [0.05, 0.1) is 23.1 Å². The molecular weight excluding hydrogens is 466 g/mol. The molecule has 0 aliphatic rings. The number of carbonyl (C=O) groups excluding carboxylic acids is 6. The van der Waals surface area contributed by atoms with Gasteiger partial charge in [0.25, 0.3) is 0 Å². The van der Waals surface area contributed by atoms with E-state index in [1.807, 2.05) is 0 Å². The molecule has 0 fully saturated rings. The van der Waals surface area contributed by atoms with Crippen molar-refractivity contribution in [2.24, 2.45) is 0 Å². The maximum Gasteiger partial charge on any atom is 2.00 e. The standard InChI is InChI=1S/2C10H8O5.Zn/c2*1-6(11)15-10(14)8-5-3-2-4-7(8)9(12)13;/h2*2-5H,1H3,(H,12,13);/q;;+2/p-2. The molecule has 0 unspecified atom stereocenters. The van der Waals surface area contributed by atoms with E-state index in [1.165, 1.54) is 48.5 Å². The largest absolute Gasteiger partial charge is 2.00 e. The molecule has 0 bridgehead atoms. The second-order valence-electron chi connectivity index (χ2n) is 5.43. The van der Waals surface area contributed by atoms with Crippen LogP contribution in [0.5, 0.6) is 0 Å². The first kappa shape index (κ1) is 27.3. The third-order valence-corrected chi connectivity index (χ3v) is 3.21. The molecule has 31 heavy (non-hydrogen) atoms. The Labute approximate surface area is 188 Å². The molecule has 2 aromatic carbocycles.